The number of anilines is 1. The molecule has 8 nitrogen and oxygen atoms in total. The van der Waals surface area contributed by atoms with Gasteiger partial charge in [-0.1, -0.05) is 18.2 Å². The zero-order valence-electron chi connectivity index (χ0n) is 19.1. The van der Waals surface area contributed by atoms with Crippen molar-refractivity contribution < 1.29 is 9.90 Å². The van der Waals surface area contributed by atoms with Crippen LogP contribution in [-0.4, -0.2) is 47.2 Å². The second-order valence-electron chi connectivity index (χ2n) is 9.68. The van der Waals surface area contributed by atoms with Gasteiger partial charge in [0.2, 0.25) is 0 Å². The molecule has 0 aliphatic carbocycles. The molecule has 3 aromatic heterocycles. The van der Waals surface area contributed by atoms with E-state index in [1.165, 1.54) is 6.33 Å². The average Bonchev–Trinajstić information content (AvgIpc) is 2.92. The number of benzene rings is 1. The third-order valence-corrected chi connectivity index (χ3v) is 6.49. The summed E-state index contributed by atoms with van der Waals surface area (Å²) in [5.74, 6) is 0.422. The van der Waals surface area contributed by atoms with Gasteiger partial charge in [0.15, 0.2) is 0 Å². The van der Waals surface area contributed by atoms with E-state index in [0.29, 0.717) is 12.4 Å². The first kappa shape index (κ1) is 21.2. The van der Waals surface area contributed by atoms with Crippen molar-refractivity contribution in [2.75, 3.05) is 5.73 Å². The normalized spacial score (nSPS) is 16.5. The van der Waals surface area contributed by atoms with Gasteiger partial charge in [0.1, 0.15) is 17.8 Å². The van der Waals surface area contributed by atoms with E-state index in [-0.39, 0.29) is 6.04 Å². The summed E-state index contributed by atoms with van der Waals surface area (Å²) in [5, 5.41) is 11.9. The number of fused-ring (bicyclic) bond motifs is 4. The van der Waals surface area contributed by atoms with Gasteiger partial charge in [-0.3, -0.25) is 9.88 Å². The number of carboxylic acid groups (broad SMARTS) is 1. The van der Waals surface area contributed by atoms with Crippen LogP contribution in [0.15, 0.2) is 42.9 Å². The van der Waals surface area contributed by atoms with Gasteiger partial charge in [0.25, 0.3) is 0 Å². The Morgan fingerprint density at radius 1 is 1.21 bits per heavy atom. The Bertz CT molecular complexity index is 1370. The predicted molar refractivity (Wildman–Crippen MR) is 129 cm³/mol. The first-order valence-corrected chi connectivity index (χ1v) is 11.2. The van der Waals surface area contributed by atoms with Crippen LogP contribution in [0.4, 0.5) is 10.6 Å². The minimum atomic E-state index is -0.902. The topological polar surface area (TPSA) is 110 Å². The molecule has 1 amide bonds. The molecule has 0 saturated carbocycles. The predicted octanol–water partition coefficient (Wildman–Crippen LogP) is 4.71. The number of hydrogen-bond donors (Lipinski definition) is 2. The summed E-state index contributed by atoms with van der Waals surface area (Å²) in [5.41, 5.74) is 10.6. The first-order chi connectivity index (χ1) is 15.8. The summed E-state index contributed by atoms with van der Waals surface area (Å²) in [6.45, 7) is 6.33. The number of hydrogen-bond acceptors (Lipinski definition) is 5. The molecule has 3 N–H and O–H groups in total. The molecule has 1 aliphatic rings. The zero-order chi connectivity index (χ0) is 23.3. The van der Waals surface area contributed by atoms with Gasteiger partial charge in [-0.05, 0) is 52.2 Å². The van der Waals surface area contributed by atoms with E-state index in [9.17, 15) is 9.90 Å². The van der Waals surface area contributed by atoms with E-state index in [0.717, 1.165) is 58.0 Å². The third-order valence-electron chi connectivity index (χ3n) is 6.49. The van der Waals surface area contributed by atoms with Crippen molar-refractivity contribution in [3.05, 3.63) is 48.5 Å². The quantitative estimate of drug-likeness (QED) is 0.463. The van der Waals surface area contributed by atoms with Gasteiger partial charge in [-0.2, -0.15) is 0 Å². The Hall–Kier alpha value is -3.68. The summed E-state index contributed by atoms with van der Waals surface area (Å²) in [4.78, 5) is 27.3. The second-order valence-corrected chi connectivity index (χ2v) is 9.68. The number of nitrogens with zero attached hydrogens (tertiary/aromatic N) is 5. The van der Waals surface area contributed by atoms with Gasteiger partial charge in [0.05, 0.1) is 16.9 Å². The summed E-state index contributed by atoms with van der Waals surface area (Å²) >= 11 is 0. The maximum Gasteiger partial charge on any atom is 0.408 e. The van der Waals surface area contributed by atoms with E-state index in [2.05, 4.69) is 25.6 Å². The van der Waals surface area contributed by atoms with E-state index in [1.807, 2.05) is 51.2 Å². The summed E-state index contributed by atoms with van der Waals surface area (Å²) in [6.07, 6.45) is 4.90. The Morgan fingerprint density at radius 2 is 2.00 bits per heavy atom. The van der Waals surface area contributed by atoms with Crippen molar-refractivity contribution in [3.8, 4) is 11.1 Å². The molecule has 1 atom stereocenters. The standard InChI is InChI=1S/C25H28N6O2/c1-25(2,3)31(24(32)33)17-8-6-10-19-20(16-11-15-7-4-5-9-18(15)27-12-16)21-22(26)28-14-29-23(21)30(19)13-17/h4-5,7,9,11-12,14,17H,6,8,10,13H2,1-3H3,(H,32,33)(H2,26,28,29)/t17-/m1/s1. The molecule has 170 valence electrons. The highest BCUT2D eigenvalue weighted by Crippen LogP contribution is 2.40. The van der Waals surface area contributed by atoms with Crippen LogP contribution in [0.1, 0.15) is 39.3 Å². The molecule has 1 aromatic carbocycles. The number of pyridine rings is 1. The number of amides is 1. The molecule has 0 spiro atoms. The van der Waals surface area contributed by atoms with Gasteiger partial charge in [0, 0.05) is 40.5 Å². The molecule has 4 aromatic rings. The molecule has 0 saturated heterocycles. The third kappa shape index (κ3) is 3.55. The lowest BCUT2D eigenvalue weighted by molar-refractivity contribution is 0.0622. The van der Waals surface area contributed by atoms with Crippen molar-refractivity contribution in [2.45, 2.75) is 58.2 Å². The monoisotopic (exact) mass is 444 g/mol. The van der Waals surface area contributed by atoms with Gasteiger partial charge >= 0.3 is 6.09 Å². The Morgan fingerprint density at radius 3 is 2.76 bits per heavy atom. The molecule has 0 bridgehead atoms. The molecule has 5 rings (SSSR count). The van der Waals surface area contributed by atoms with Crippen LogP contribution in [0.25, 0.3) is 33.1 Å². The fraction of sp³-hybridized carbons (Fsp3) is 0.360. The van der Waals surface area contributed by atoms with Crippen molar-refractivity contribution in [2.24, 2.45) is 0 Å². The summed E-state index contributed by atoms with van der Waals surface area (Å²) in [6, 6.07) is 9.98. The number of nitrogens with two attached hydrogens (primary N) is 1. The molecule has 1 aliphatic heterocycles. The second kappa shape index (κ2) is 7.72. The van der Waals surface area contributed by atoms with Crippen LogP contribution in [-0.2, 0) is 13.0 Å². The Balaban J connectivity index is 1.72. The molecule has 8 heteroatoms. The number of nitrogen functional groups attached to an aromatic ring is 1. The molecule has 0 unspecified atom stereocenters. The average molecular weight is 445 g/mol. The van der Waals surface area contributed by atoms with E-state index in [4.69, 9.17) is 5.73 Å². The Labute approximate surface area is 192 Å². The lowest BCUT2D eigenvalue weighted by Gasteiger charge is -2.39. The fourth-order valence-corrected chi connectivity index (χ4v) is 5.23. The number of para-hydroxylation sites is 1. The molecule has 33 heavy (non-hydrogen) atoms. The largest absolute Gasteiger partial charge is 0.465 e. The van der Waals surface area contributed by atoms with Crippen LogP contribution in [0.5, 0.6) is 0 Å². The lowest BCUT2D eigenvalue weighted by Crippen LogP contribution is -2.52. The minimum Gasteiger partial charge on any atom is -0.465 e. The lowest BCUT2D eigenvalue weighted by atomic mass is 9.98. The number of aromatic nitrogens is 4. The molecule has 0 radical (unpaired) electrons. The van der Waals surface area contributed by atoms with Crippen LogP contribution >= 0.6 is 0 Å². The van der Waals surface area contributed by atoms with Crippen molar-refractivity contribution in [1.29, 1.82) is 0 Å². The fourth-order valence-electron chi connectivity index (χ4n) is 5.23. The molecule has 0 fully saturated rings. The van der Waals surface area contributed by atoms with Crippen molar-refractivity contribution in [1.82, 2.24) is 24.4 Å². The Kier molecular flexibility index (Phi) is 4.96. The number of carbonyl (C=O) groups is 1. The number of rotatable bonds is 2. The van der Waals surface area contributed by atoms with Crippen molar-refractivity contribution in [3.63, 3.8) is 0 Å². The highest BCUT2D eigenvalue weighted by molar-refractivity contribution is 6.03. The van der Waals surface area contributed by atoms with Crippen LogP contribution in [0.3, 0.4) is 0 Å². The minimum absolute atomic E-state index is 0.168. The molecule has 4 heterocycles. The van der Waals surface area contributed by atoms with Crippen LogP contribution in [0, 0.1) is 0 Å². The maximum absolute atomic E-state index is 12.2. The van der Waals surface area contributed by atoms with E-state index < -0.39 is 11.6 Å². The van der Waals surface area contributed by atoms with Gasteiger partial charge in [-0.15, -0.1) is 0 Å². The molecular weight excluding hydrogens is 416 g/mol. The van der Waals surface area contributed by atoms with Crippen LogP contribution < -0.4 is 5.73 Å². The smallest absolute Gasteiger partial charge is 0.408 e. The maximum atomic E-state index is 12.2. The SMILES string of the molecule is CC(C)(C)N(C(=O)O)[C@@H]1CCCc2c(-c3cnc4ccccc4c3)c3c(N)ncnc3n2C1. The summed E-state index contributed by atoms with van der Waals surface area (Å²) in [7, 11) is 0. The van der Waals surface area contributed by atoms with E-state index >= 15 is 0 Å². The zero-order valence-corrected chi connectivity index (χ0v) is 19.1. The first-order valence-electron chi connectivity index (χ1n) is 11.2. The van der Waals surface area contributed by atoms with Crippen LogP contribution in [0.2, 0.25) is 0 Å². The van der Waals surface area contributed by atoms with Gasteiger partial charge in [-0.25, -0.2) is 14.8 Å². The highest BCUT2D eigenvalue weighted by atomic mass is 16.4. The van der Waals surface area contributed by atoms with Crippen molar-refractivity contribution >= 4 is 33.8 Å². The van der Waals surface area contributed by atoms with Gasteiger partial charge < -0.3 is 15.4 Å². The van der Waals surface area contributed by atoms with E-state index in [1.54, 1.807) is 4.90 Å². The highest BCUT2D eigenvalue weighted by Gasteiger charge is 2.36. The molecular formula is C25H28N6O2. The summed E-state index contributed by atoms with van der Waals surface area (Å²) < 4.78 is 2.15.